The maximum Gasteiger partial charge on any atom is 0.0695 e. The van der Waals surface area contributed by atoms with Crippen molar-refractivity contribution >= 4 is 0 Å². The number of nitrogens with zero attached hydrogens (tertiary/aromatic N) is 1. The molecule has 0 bridgehead atoms. The van der Waals surface area contributed by atoms with Crippen molar-refractivity contribution in [3.63, 3.8) is 0 Å². The smallest absolute Gasteiger partial charge is 0.0695 e. The van der Waals surface area contributed by atoms with Crippen LogP contribution in [0.3, 0.4) is 0 Å². The molecule has 2 heteroatoms. The van der Waals surface area contributed by atoms with Crippen LogP contribution in [0.4, 0.5) is 0 Å². The Balaban J connectivity index is 1.84. The average molecular weight is 211 g/mol. The third-order valence-electron chi connectivity index (χ3n) is 4.41. The van der Waals surface area contributed by atoms with Crippen molar-refractivity contribution in [2.24, 2.45) is 17.8 Å². The Labute approximate surface area is 93.7 Å². The van der Waals surface area contributed by atoms with Gasteiger partial charge in [-0.3, -0.25) is 0 Å². The minimum atomic E-state index is -0.0831. The van der Waals surface area contributed by atoms with Crippen LogP contribution < -0.4 is 0 Å². The molecule has 2 aliphatic carbocycles. The maximum absolute atomic E-state index is 10.0. The van der Waals surface area contributed by atoms with Crippen molar-refractivity contribution < 1.29 is 5.11 Å². The summed E-state index contributed by atoms with van der Waals surface area (Å²) in [7, 11) is 2.19. The second-order valence-electron chi connectivity index (χ2n) is 5.97. The summed E-state index contributed by atoms with van der Waals surface area (Å²) in [6.45, 7) is 5.83. The van der Waals surface area contributed by atoms with Crippen LogP contribution >= 0.6 is 0 Å². The van der Waals surface area contributed by atoms with Gasteiger partial charge in [0, 0.05) is 12.6 Å². The molecule has 0 aromatic rings. The standard InChI is InChI=1S/C13H25NO/c1-9-4-5-13(15)12(6-9)14(3)8-11-7-10(11)2/h9-13,15H,4-8H2,1-3H3. The largest absolute Gasteiger partial charge is 0.391 e. The third kappa shape index (κ3) is 2.73. The van der Waals surface area contributed by atoms with Crippen LogP contribution in [0.2, 0.25) is 0 Å². The highest BCUT2D eigenvalue weighted by Gasteiger charge is 2.37. The summed E-state index contributed by atoms with van der Waals surface area (Å²) in [5.41, 5.74) is 0. The first kappa shape index (κ1) is 11.4. The molecule has 0 radical (unpaired) electrons. The molecule has 0 amide bonds. The highest BCUT2D eigenvalue weighted by atomic mass is 16.3. The minimum absolute atomic E-state index is 0.0831. The number of rotatable bonds is 3. The van der Waals surface area contributed by atoms with Crippen LogP contribution in [0.25, 0.3) is 0 Å². The lowest BCUT2D eigenvalue weighted by Gasteiger charge is -2.38. The number of hydrogen-bond donors (Lipinski definition) is 1. The molecule has 0 spiro atoms. The van der Waals surface area contributed by atoms with Crippen LogP contribution in [0.15, 0.2) is 0 Å². The van der Waals surface area contributed by atoms with Gasteiger partial charge in [-0.1, -0.05) is 13.8 Å². The molecule has 2 fully saturated rings. The topological polar surface area (TPSA) is 23.5 Å². The van der Waals surface area contributed by atoms with E-state index in [9.17, 15) is 5.11 Å². The molecule has 0 aromatic carbocycles. The fourth-order valence-electron chi connectivity index (χ4n) is 2.97. The monoisotopic (exact) mass is 211 g/mol. The van der Waals surface area contributed by atoms with E-state index in [0.29, 0.717) is 6.04 Å². The molecule has 15 heavy (non-hydrogen) atoms. The van der Waals surface area contributed by atoms with Gasteiger partial charge in [0.25, 0.3) is 0 Å². The Morgan fingerprint density at radius 2 is 1.87 bits per heavy atom. The molecule has 0 saturated heterocycles. The van der Waals surface area contributed by atoms with E-state index in [0.717, 1.165) is 24.2 Å². The lowest BCUT2D eigenvalue weighted by Crippen LogP contribution is -2.45. The van der Waals surface area contributed by atoms with Gasteiger partial charge in [0.15, 0.2) is 0 Å². The zero-order valence-electron chi connectivity index (χ0n) is 10.3. The van der Waals surface area contributed by atoms with Crippen molar-refractivity contribution in [3.8, 4) is 0 Å². The molecular weight excluding hydrogens is 186 g/mol. The zero-order chi connectivity index (χ0) is 11.0. The number of aliphatic hydroxyl groups excluding tert-OH is 1. The first-order chi connectivity index (χ1) is 7.08. The molecule has 5 unspecified atom stereocenters. The van der Waals surface area contributed by atoms with E-state index in [1.165, 1.54) is 25.8 Å². The quantitative estimate of drug-likeness (QED) is 0.773. The predicted octanol–water partition coefficient (Wildman–Crippen LogP) is 2.12. The zero-order valence-corrected chi connectivity index (χ0v) is 10.3. The Kier molecular flexibility index (Phi) is 3.36. The fourth-order valence-corrected chi connectivity index (χ4v) is 2.97. The van der Waals surface area contributed by atoms with Gasteiger partial charge in [-0.05, 0) is 50.5 Å². The van der Waals surface area contributed by atoms with E-state index < -0.39 is 0 Å². The lowest BCUT2D eigenvalue weighted by molar-refractivity contribution is 0.0150. The summed E-state index contributed by atoms with van der Waals surface area (Å²) in [6, 6.07) is 0.418. The van der Waals surface area contributed by atoms with Gasteiger partial charge in [-0.15, -0.1) is 0 Å². The van der Waals surface area contributed by atoms with Crippen molar-refractivity contribution in [1.29, 1.82) is 0 Å². The summed E-state index contributed by atoms with van der Waals surface area (Å²) in [6.07, 6.45) is 4.68. The van der Waals surface area contributed by atoms with Gasteiger partial charge in [-0.2, -0.15) is 0 Å². The van der Waals surface area contributed by atoms with Crippen LogP contribution in [0.1, 0.15) is 39.5 Å². The SMILES string of the molecule is CC1CCC(O)C(N(C)CC2CC2C)C1. The van der Waals surface area contributed by atoms with Crippen LogP contribution in [-0.2, 0) is 0 Å². The molecule has 88 valence electrons. The van der Waals surface area contributed by atoms with E-state index in [-0.39, 0.29) is 6.10 Å². The van der Waals surface area contributed by atoms with Crippen molar-refractivity contribution in [2.45, 2.75) is 51.7 Å². The van der Waals surface area contributed by atoms with Gasteiger partial charge >= 0.3 is 0 Å². The summed E-state index contributed by atoms with van der Waals surface area (Å²) in [5.74, 6) is 2.61. The normalized spacial score (nSPS) is 45.8. The van der Waals surface area contributed by atoms with Crippen LogP contribution in [0, 0.1) is 17.8 Å². The number of hydrogen-bond acceptors (Lipinski definition) is 2. The van der Waals surface area contributed by atoms with Crippen LogP contribution in [0.5, 0.6) is 0 Å². The first-order valence-electron chi connectivity index (χ1n) is 6.46. The maximum atomic E-state index is 10.0. The van der Waals surface area contributed by atoms with Crippen molar-refractivity contribution in [3.05, 3.63) is 0 Å². The Hall–Kier alpha value is -0.0800. The molecule has 0 aromatic heterocycles. The second-order valence-corrected chi connectivity index (χ2v) is 5.97. The van der Waals surface area contributed by atoms with Gasteiger partial charge in [0.2, 0.25) is 0 Å². The van der Waals surface area contributed by atoms with Gasteiger partial charge in [0.05, 0.1) is 6.10 Å². The number of aliphatic hydroxyl groups is 1. The van der Waals surface area contributed by atoms with E-state index in [1.54, 1.807) is 0 Å². The molecule has 0 aliphatic heterocycles. The Morgan fingerprint density at radius 1 is 1.20 bits per heavy atom. The summed E-state index contributed by atoms with van der Waals surface area (Å²) in [4.78, 5) is 2.41. The minimum Gasteiger partial charge on any atom is -0.391 e. The molecular formula is C13H25NO. The van der Waals surface area contributed by atoms with E-state index in [4.69, 9.17) is 0 Å². The first-order valence-corrected chi connectivity index (χ1v) is 6.46. The molecule has 5 atom stereocenters. The van der Waals surface area contributed by atoms with Gasteiger partial charge in [-0.25, -0.2) is 0 Å². The highest BCUT2D eigenvalue weighted by Crippen LogP contribution is 2.39. The van der Waals surface area contributed by atoms with Crippen LogP contribution in [-0.4, -0.2) is 35.7 Å². The molecule has 2 saturated carbocycles. The second kappa shape index (κ2) is 4.42. The summed E-state index contributed by atoms with van der Waals surface area (Å²) in [5, 5.41) is 10.0. The van der Waals surface area contributed by atoms with E-state index >= 15 is 0 Å². The molecule has 0 heterocycles. The van der Waals surface area contributed by atoms with E-state index in [2.05, 4.69) is 25.8 Å². The molecule has 2 aliphatic rings. The van der Waals surface area contributed by atoms with Gasteiger partial charge < -0.3 is 10.0 Å². The molecule has 1 N–H and O–H groups in total. The Bertz CT molecular complexity index is 219. The molecule has 2 rings (SSSR count). The lowest BCUT2D eigenvalue weighted by atomic mass is 9.84. The Morgan fingerprint density at radius 3 is 2.47 bits per heavy atom. The summed E-state index contributed by atoms with van der Waals surface area (Å²) >= 11 is 0. The third-order valence-corrected chi connectivity index (χ3v) is 4.41. The van der Waals surface area contributed by atoms with Gasteiger partial charge in [0.1, 0.15) is 0 Å². The van der Waals surface area contributed by atoms with Crippen molar-refractivity contribution in [1.82, 2.24) is 4.90 Å². The van der Waals surface area contributed by atoms with Crippen molar-refractivity contribution in [2.75, 3.05) is 13.6 Å². The molecule has 2 nitrogen and oxygen atoms in total. The fraction of sp³-hybridized carbons (Fsp3) is 1.00. The van der Waals surface area contributed by atoms with E-state index in [1.807, 2.05) is 0 Å². The highest BCUT2D eigenvalue weighted by molar-refractivity contribution is 4.89. The number of likely N-dealkylation sites (N-methyl/N-ethyl adjacent to an activating group) is 1. The summed E-state index contributed by atoms with van der Waals surface area (Å²) < 4.78 is 0. The average Bonchev–Trinajstić information content (AvgIpc) is 2.86. The predicted molar refractivity (Wildman–Crippen MR) is 62.7 cm³/mol.